The van der Waals surface area contributed by atoms with E-state index in [9.17, 15) is 9.90 Å². The molecule has 0 aliphatic rings. The van der Waals surface area contributed by atoms with Crippen molar-refractivity contribution in [3.8, 4) is 5.75 Å². The average molecular weight is 234 g/mol. The van der Waals surface area contributed by atoms with Gasteiger partial charge in [-0.15, -0.1) is 11.3 Å². The summed E-state index contributed by atoms with van der Waals surface area (Å²) in [5, 5.41) is 14.0. The van der Waals surface area contributed by atoms with Crippen molar-refractivity contribution < 1.29 is 9.90 Å². The van der Waals surface area contributed by atoms with Crippen LogP contribution in [0, 0.1) is 0 Å². The van der Waals surface area contributed by atoms with Crippen LogP contribution in [0.15, 0.2) is 35.2 Å². The van der Waals surface area contributed by atoms with Crippen LogP contribution in [0.25, 0.3) is 0 Å². The maximum atomic E-state index is 11.7. The summed E-state index contributed by atoms with van der Waals surface area (Å²) in [5.74, 6) is -0.315. The molecule has 0 bridgehead atoms. The van der Waals surface area contributed by atoms with Crippen molar-refractivity contribution in [2.24, 2.45) is 0 Å². The van der Waals surface area contributed by atoms with Gasteiger partial charge < -0.3 is 10.4 Å². The Balaban J connectivity index is 2.01. The quantitative estimate of drug-likeness (QED) is 0.851. The third-order valence-electron chi connectivity index (χ3n) is 2.06. The molecule has 0 atom stereocenters. The lowest BCUT2D eigenvalue weighted by Crippen LogP contribution is -2.22. The third kappa shape index (κ3) is 2.38. The zero-order chi connectivity index (χ0) is 11.4. The number of nitrogens with zero attached hydrogens (tertiary/aromatic N) is 1. The number of carbonyl (C=O) groups excluding carboxylic acids is 1. The fourth-order valence-corrected chi connectivity index (χ4v) is 1.81. The standard InChI is InChI=1S/C11H10N2O2S/c14-10-4-2-1-3-9(10)11(15)12-5-8-6-16-7-13-8/h1-4,6-7,14H,5H2,(H,12,15). The summed E-state index contributed by atoms with van der Waals surface area (Å²) in [6.07, 6.45) is 0. The number of nitrogens with one attached hydrogen (secondary N) is 1. The third-order valence-corrected chi connectivity index (χ3v) is 2.70. The van der Waals surface area contributed by atoms with Gasteiger partial charge in [0.05, 0.1) is 23.3 Å². The summed E-state index contributed by atoms with van der Waals surface area (Å²) < 4.78 is 0. The van der Waals surface area contributed by atoms with E-state index in [4.69, 9.17) is 0 Å². The Morgan fingerprint density at radius 3 is 2.94 bits per heavy atom. The van der Waals surface area contributed by atoms with Crippen molar-refractivity contribution in [3.63, 3.8) is 0 Å². The van der Waals surface area contributed by atoms with Gasteiger partial charge >= 0.3 is 0 Å². The topological polar surface area (TPSA) is 62.2 Å². The number of para-hydroxylation sites is 1. The van der Waals surface area contributed by atoms with Crippen LogP contribution in [-0.2, 0) is 6.54 Å². The number of hydrogen-bond acceptors (Lipinski definition) is 4. The smallest absolute Gasteiger partial charge is 0.255 e. The Bertz CT molecular complexity index is 482. The second-order valence-corrected chi connectivity index (χ2v) is 3.90. The minimum Gasteiger partial charge on any atom is -0.507 e. The highest BCUT2D eigenvalue weighted by Gasteiger charge is 2.09. The summed E-state index contributed by atoms with van der Waals surface area (Å²) in [6, 6.07) is 6.44. The lowest BCUT2D eigenvalue weighted by molar-refractivity contribution is 0.0948. The molecule has 2 rings (SSSR count). The van der Waals surface area contributed by atoms with Gasteiger partial charge in [0.1, 0.15) is 5.75 Å². The van der Waals surface area contributed by atoms with Gasteiger partial charge in [0.25, 0.3) is 5.91 Å². The van der Waals surface area contributed by atoms with E-state index in [1.807, 2.05) is 5.38 Å². The summed E-state index contributed by atoms with van der Waals surface area (Å²) in [5.41, 5.74) is 2.80. The molecule has 1 heterocycles. The number of phenols is 1. The molecule has 1 aromatic heterocycles. The molecule has 0 unspecified atom stereocenters. The van der Waals surface area contributed by atoms with E-state index in [2.05, 4.69) is 10.3 Å². The first kappa shape index (κ1) is 10.6. The average Bonchev–Trinajstić information content (AvgIpc) is 2.79. The summed E-state index contributed by atoms with van der Waals surface area (Å²) in [4.78, 5) is 15.7. The molecule has 0 saturated heterocycles. The summed E-state index contributed by atoms with van der Waals surface area (Å²) in [6.45, 7) is 0.372. The van der Waals surface area contributed by atoms with Gasteiger partial charge in [-0.3, -0.25) is 4.79 Å². The fraction of sp³-hybridized carbons (Fsp3) is 0.0909. The molecule has 0 aliphatic heterocycles. The number of rotatable bonds is 3. The van der Waals surface area contributed by atoms with Gasteiger partial charge in [0, 0.05) is 5.38 Å². The molecular formula is C11H10N2O2S. The lowest BCUT2D eigenvalue weighted by Gasteiger charge is -2.04. The van der Waals surface area contributed by atoms with Crippen LogP contribution in [0.3, 0.4) is 0 Å². The normalized spacial score (nSPS) is 10.0. The van der Waals surface area contributed by atoms with Gasteiger partial charge in [0.15, 0.2) is 0 Å². The van der Waals surface area contributed by atoms with E-state index in [-0.39, 0.29) is 17.2 Å². The van der Waals surface area contributed by atoms with E-state index in [0.29, 0.717) is 6.54 Å². The molecular weight excluding hydrogens is 224 g/mol. The van der Waals surface area contributed by atoms with Gasteiger partial charge in [-0.2, -0.15) is 0 Å². The molecule has 1 amide bonds. The van der Waals surface area contributed by atoms with Crippen molar-refractivity contribution in [2.75, 3.05) is 0 Å². The van der Waals surface area contributed by atoms with Gasteiger partial charge in [-0.1, -0.05) is 12.1 Å². The summed E-state index contributed by atoms with van der Waals surface area (Å²) in [7, 11) is 0. The number of benzene rings is 1. The highest BCUT2D eigenvalue weighted by Crippen LogP contribution is 2.15. The first-order chi connectivity index (χ1) is 7.77. The summed E-state index contributed by atoms with van der Waals surface area (Å²) >= 11 is 1.48. The van der Waals surface area contributed by atoms with E-state index in [0.717, 1.165) is 5.69 Å². The largest absolute Gasteiger partial charge is 0.507 e. The second-order valence-electron chi connectivity index (χ2n) is 3.18. The number of carbonyl (C=O) groups is 1. The van der Waals surface area contributed by atoms with Crippen LogP contribution in [0.5, 0.6) is 5.75 Å². The molecule has 0 radical (unpaired) electrons. The van der Waals surface area contributed by atoms with Crippen LogP contribution >= 0.6 is 11.3 Å². The molecule has 0 spiro atoms. The molecule has 0 saturated carbocycles. The number of aromatic hydroxyl groups is 1. The number of thiazole rings is 1. The van der Waals surface area contributed by atoms with E-state index in [1.54, 1.807) is 23.7 Å². The molecule has 2 aromatic rings. The predicted octanol–water partition coefficient (Wildman–Crippen LogP) is 1.78. The minimum atomic E-state index is -0.300. The zero-order valence-corrected chi connectivity index (χ0v) is 9.20. The van der Waals surface area contributed by atoms with E-state index >= 15 is 0 Å². The van der Waals surface area contributed by atoms with Gasteiger partial charge in [-0.05, 0) is 12.1 Å². The van der Waals surface area contributed by atoms with Crippen molar-refractivity contribution >= 4 is 17.2 Å². The molecule has 1 aromatic carbocycles. The van der Waals surface area contributed by atoms with Crippen LogP contribution in [0.1, 0.15) is 16.1 Å². The van der Waals surface area contributed by atoms with Crippen molar-refractivity contribution in [1.29, 1.82) is 0 Å². The van der Waals surface area contributed by atoms with Gasteiger partial charge in [-0.25, -0.2) is 4.98 Å². The first-order valence-corrected chi connectivity index (χ1v) is 5.65. The van der Waals surface area contributed by atoms with Crippen LogP contribution < -0.4 is 5.32 Å². The molecule has 0 aliphatic carbocycles. The molecule has 2 N–H and O–H groups in total. The zero-order valence-electron chi connectivity index (χ0n) is 8.38. The maximum Gasteiger partial charge on any atom is 0.255 e. The van der Waals surface area contributed by atoms with Crippen molar-refractivity contribution in [1.82, 2.24) is 10.3 Å². The fourth-order valence-electron chi connectivity index (χ4n) is 1.26. The maximum absolute atomic E-state index is 11.7. The molecule has 82 valence electrons. The Morgan fingerprint density at radius 2 is 2.25 bits per heavy atom. The molecule has 4 nitrogen and oxygen atoms in total. The minimum absolute atomic E-state index is 0.0155. The van der Waals surface area contributed by atoms with Crippen LogP contribution in [0.2, 0.25) is 0 Å². The number of amides is 1. The van der Waals surface area contributed by atoms with Crippen LogP contribution in [-0.4, -0.2) is 16.0 Å². The predicted molar refractivity (Wildman–Crippen MR) is 61.4 cm³/mol. The Hall–Kier alpha value is -1.88. The van der Waals surface area contributed by atoms with E-state index < -0.39 is 0 Å². The second kappa shape index (κ2) is 4.76. The highest BCUT2D eigenvalue weighted by molar-refractivity contribution is 7.07. The lowest BCUT2D eigenvalue weighted by atomic mass is 10.2. The first-order valence-electron chi connectivity index (χ1n) is 4.70. The Kier molecular flexibility index (Phi) is 3.16. The van der Waals surface area contributed by atoms with Gasteiger partial charge in [0.2, 0.25) is 0 Å². The highest BCUT2D eigenvalue weighted by atomic mass is 32.1. The number of hydrogen-bond donors (Lipinski definition) is 2. The molecule has 0 fully saturated rings. The van der Waals surface area contributed by atoms with Crippen molar-refractivity contribution in [2.45, 2.75) is 6.54 Å². The number of phenolic OH excluding ortho intramolecular Hbond substituents is 1. The van der Waals surface area contributed by atoms with E-state index in [1.165, 1.54) is 17.4 Å². The monoisotopic (exact) mass is 234 g/mol. The van der Waals surface area contributed by atoms with Crippen LogP contribution in [0.4, 0.5) is 0 Å². The Labute approximate surface area is 96.6 Å². The SMILES string of the molecule is O=C(NCc1cscn1)c1ccccc1O. The van der Waals surface area contributed by atoms with Crippen molar-refractivity contribution in [3.05, 3.63) is 46.4 Å². The molecule has 16 heavy (non-hydrogen) atoms. The Morgan fingerprint density at radius 1 is 1.44 bits per heavy atom. The molecule has 5 heteroatoms. The number of aromatic nitrogens is 1.